The van der Waals surface area contributed by atoms with Gasteiger partial charge in [0.15, 0.2) is 0 Å². The van der Waals surface area contributed by atoms with Crippen molar-refractivity contribution in [2.24, 2.45) is 5.92 Å². The van der Waals surface area contributed by atoms with E-state index in [2.05, 4.69) is 22.1 Å². The molecule has 1 aliphatic heterocycles. The van der Waals surface area contributed by atoms with Gasteiger partial charge in [-0.25, -0.2) is 0 Å². The number of hydrogen-bond donors (Lipinski definition) is 2. The normalized spacial score (nSPS) is 13.9. The third-order valence-corrected chi connectivity index (χ3v) is 4.60. The largest absolute Gasteiger partial charge is 0.497 e. The van der Waals surface area contributed by atoms with Gasteiger partial charge in [-0.15, -0.1) is 23.7 Å². The van der Waals surface area contributed by atoms with E-state index >= 15 is 0 Å². The van der Waals surface area contributed by atoms with Crippen molar-refractivity contribution in [2.75, 3.05) is 20.2 Å². The molecule has 1 aromatic carbocycles. The van der Waals surface area contributed by atoms with Gasteiger partial charge in [0.25, 0.3) is 0 Å². The average Bonchev–Trinajstić information content (AvgIpc) is 2.92. The highest BCUT2D eigenvalue weighted by atomic mass is 35.5. The van der Waals surface area contributed by atoms with Crippen molar-refractivity contribution >= 4 is 29.7 Å². The van der Waals surface area contributed by atoms with Crippen LogP contribution in [-0.2, 0) is 11.3 Å². The lowest BCUT2D eigenvalue weighted by Gasteiger charge is -2.25. The maximum absolute atomic E-state index is 11.8. The number of carbonyl (C=O) groups is 1. The lowest BCUT2D eigenvalue weighted by molar-refractivity contribution is -0.126. The fourth-order valence-corrected chi connectivity index (χ4v) is 3.03. The van der Waals surface area contributed by atoms with Crippen LogP contribution in [0, 0.1) is 5.92 Å². The molecule has 2 N–H and O–H groups in total. The fraction of sp³-hybridized carbons (Fsp3) is 0.312. The van der Waals surface area contributed by atoms with Crippen molar-refractivity contribution in [3.63, 3.8) is 0 Å². The number of hydrogen-bond acceptors (Lipinski definition) is 4. The summed E-state index contributed by atoms with van der Waals surface area (Å²) < 4.78 is 5.16. The molecular weight excluding hydrogens is 320 g/mol. The molecule has 3 rings (SSSR count). The molecular formula is C16H19ClN2O2S. The summed E-state index contributed by atoms with van der Waals surface area (Å²) in [6.07, 6.45) is 0. The summed E-state index contributed by atoms with van der Waals surface area (Å²) in [4.78, 5) is 13.0. The molecule has 1 amide bonds. The van der Waals surface area contributed by atoms with Crippen LogP contribution in [-0.4, -0.2) is 26.1 Å². The highest BCUT2D eigenvalue weighted by Gasteiger charge is 2.24. The lowest BCUT2D eigenvalue weighted by Crippen LogP contribution is -2.50. The minimum absolute atomic E-state index is 0. The van der Waals surface area contributed by atoms with Gasteiger partial charge >= 0.3 is 0 Å². The van der Waals surface area contributed by atoms with Gasteiger partial charge in [-0.05, 0) is 34.7 Å². The molecule has 0 aliphatic carbocycles. The monoisotopic (exact) mass is 338 g/mol. The number of carbonyl (C=O) groups excluding carboxylic acids is 1. The van der Waals surface area contributed by atoms with Crippen LogP contribution in [0.25, 0.3) is 11.1 Å². The van der Waals surface area contributed by atoms with Gasteiger partial charge in [-0.3, -0.25) is 4.79 Å². The maximum Gasteiger partial charge on any atom is 0.225 e. The Kier molecular flexibility index (Phi) is 5.83. The van der Waals surface area contributed by atoms with Crippen LogP contribution in [0.3, 0.4) is 0 Å². The van der Waals surface area contributed by atoms with Gasteiger partial charge in [0, 0.05) is 18.0 Å². The molecule has 22 heavy (non-hydrogen) atoms. The van der Waals surface area contributed by atoms with Crippen molar-refractivity contribution in [3.05, 3.63) is 40.6 Å². The lowest BCUT2D eigenvalue weighted by atomic mass is 10.0. The Balaban J connectivity index is 0.00000176. The van der Waals surface area contributed by atoms with Crippen molar-refractivity contribution in [1.29, 1.82) is 0 Å². The summed E-state index contributed by atoms with van der Waals surface area (Å²) >= 11 is 1.67. The third-order valence-electron chi connectivity index (χ3n) is 3.67. The second-order valence-electron chi connectivity index (χ2n) is 5.10. The number of halogens is 1. The molecule has 6 heteroatoms. The van der Waals surface area contributed by atoms with Crippen LogP contribution in [0.1, 0.15) is 4.88 Å². The standard InChI is InChI=1S/C16H18N2O2S.ClH/c1-20-14-4-2-11(3-5-14)12-6-15(21-10-12)9-18-16(19)13-7-17-8-13;/h2-6,10,13,17H,7-9H2,1H3,(H,18,19);1H. The number of methoxy groups -OCH3 is 1. The summed E-state index contributed by atoms with van der Waals surface area (Å²) in [5, 5.41) is 8.22. The molecule has 118 valence electrons. The SMILES string of the molecule is COc1ccc(-c2csc(CNC(=O)C3CNC3)c2)cc1.Cl. The second kappa shape index (κ2) is 7.63. The highest BCUT2D eigenvalue weighted by molar-refractivity contribution is 7.10. The zero-order valence-electron chi connectivity index (χ0n) is 12.3. The van der Waals surface area contributed by atoms with Gasteiger partial charge in [0.2, 0.25) is 5.91 Å². The van der Waals surface area contributed by atoms with Gasteiger partial charge in [0.05, 0.1) is 19.6 Å². The van der Waals surface area contributed by atoms with Gasteiger partial charge in [-0.1, -0.05) is 12.1 Å². The first kappa shape index (κ1) is 16.8. The van der Waals surface area contributed by atoms with Crippen LogP contribution < -0.4 is 15.4 Å². The number of benzene rings is 1. The Morgan fingerprint density at radius 1 is 1.32 bits per heavy atom. The summed E-state index contributed by atoms with van der Waals surface area (Å²) in [6, 6.07) is 10.1. The van der Waals surface area contributed by atoms with E-state index in [0.717, 1.165) is 24.4 Å². The zero-order chi connectivity index (χ0) is 14.7. The van der Waals surface area contributed by atoms with E-state index in [1.807, 2.05) is 24.3 Å². The molecule has 1 saturated heterocycles. The predicted octanol–water partition coefficient (Wildman–Crippen LogP) is 2.68. The van der Waals surface area contributed by atoms with Crippen molar-refractivity contribution in [1.82, 2.24) is 10.6 Å². The van der Waals surface area contributed by atoms with Crippen LogP contribution in [0.2, 0.25) is 0 Å². The van der Waals surface area contributed by atoms with Crippen molar-refractivity contribution < 1.29 is 9.53 Å². The molecule has 0 unspecified atom stereocenters. The summed E-state index contributed by atoms with van der Waals surface area (Å²) in [5.41, 5.74) is 2.34. The molecule has 4 nitrogen and oxygen atoms in total. The number of ether oxygens (including phenoxy) is 1. The third kappa shape index (κ3) is 3.80. The first-order chi connectivity index (χ1) is 10.3. The van der Waals surface area contributed by atoms with E-state index in [4.69, 9.17) is 4.74 Å². The van der Waals surface area contributed by atoms with Crippen LogP contribution in [0.5, 0.6) is 5.75 Å². The van der Waals surface area contributed by atoms with Crippen LogP contribution in [0.15, 0.2) is 35.7 Å². The van der Waals surface area contributed by atoms with E-state index in [-0.39, 0.29) is 24.2 Å². The summed E-state index contributed by atoms with van der Waals surface area (Å²) in [7, 11) is 1.66. The van der Waals surface area contributed by atoms with Gasteiger partial charge < -0.3 is 15.4 Å². The van der Waals surface area contributed by atoms with Crippen LogP contribution in [0.4, 0.5) is 0 Å². The van der Waals surface area contributed by atoms with E-state index in [1.165, 1.54) is 10.4 Å². The highest BCUT2D eigenvalue weighted by Crippen LogP contribution is 2.27. The minimum Gasteiger partial charge on any atom is -0.497 e. The number of nitrogens with one attached hydrogen (secondary N) is 2. The van der Waals surface area contributed by atoms with Gasteiger partial charge in [-0.2, -0.15) is 0 Å². The topological polar surface area (TPSA) is 50.4 Å². The van der Waals surface area contributed by atoms with E-state index in [9.17, 15) is 4.79 Å². The molecule has 0 atom stereocenters. The molecule has 0 saturated carbocycles. The first-order valence-electron chi connectivity index (χ1n) is 6.96. The van der Waals surface area contributed by atoms with E-state index in [1.54, 1.807) is 18.4 Å². The average molecular weight is 339 g/mol. The molecule has 0 spiro atoms. The fourth-order valence-electron chi connectivity index (χ4n) is 2.20. The van der Waals surface area contributed by atoms with Gasteiger partial charge in [0.1, 0.15) is 5.75 Å². The first-order valence-corrected chi connectivity index (χ1v) is 7.84. The predicted molar refractivity (Wildman–Crippen MR) is 91.8 cm³/mol. The Morgan fingerprint density at radius 3 is 2.64 bits per heavy atom. The Labute approximate surface area is 140 Å². The molecule has 1 fully saturated rings. The minimum atomic E-state index is 0. The van der Waals surface area contributed by atoms with Crippen molar-refractivity contribution in [3.8, 4) is 16.9 Å². The molecule has 1 aliphatic rings. The number of amides is 1. The zero-order valence-corrected chi connectivity index (χ0v) is 13.9. The molecule has 0 bridgehead atoms. The molecule has 0 radical (unpaired) electrons. The van der Waals surface area contributed by atoms with Crippen molar-refractivity contribution in [2.45, 2.75) is 6.54 Å². The molecule has 1 aromatic heterocycles. The number of rotatable bonds is 5. The Bertz CT molecular complexity index is 623. The quantitative estimate of drug-likeness (QED) is 0.881. The number of thiophene rings is 1. The smallest absolute Gasteiger partial charge is 0.225 e. The Hall–Kier alpha value is -1.56. The van der Waals surface area contributed by atoms with E-state index < -0.39 is 0 Å². The Morgan fingerprint density at radius 2 is 2.05 bits per heavy atom. The summed E-state index contributed by atoms with van der Waals surface area (Å²) in [6.45, 7) is 2.21. The maximum atomic E-state index is 11.8. The molecule has 2 heterocycles. The molecule has 2 aromatic rings. The second-order valence-corrected chi connectivity index (χ2v) is 6.10. The van der Waals surface area contributed by atoms with Crippen LogP contribution >= 0.6 is 23.7 Å². The summed E-state index contributed by atoms with van der Waals surface area (Å²) in [5.74, 6) is 1.15. The van der Waals surface area contributed by atoms with E-state index in [0.29, 0.717) is 6.54 Å².